The number of nitrogens with zero attached hydrogens (tertiary/aromatic N) is 1. The number of rotatable bonds is 7. The SMILES string of the molecule is COc1cc(OC)cc(C(=O)NNC(=O)CCSc2nc3ccccc3s2)c1. The van der Waals surface area contributed by atoms with Crippen molar-refractivity contribution in [3.63, 3.8) is 0 Å². The molecule has 28 heavy (non-hydrogen) atoms. The maximum Gasteiger partial charge on any atom is 0.269 e. The van der Waals surface area contributed by atoms with Gasteiger partial charge in [-0.15, -0.1) is 11.3 Å². The van der Waals surface area contributed by atoms with Gasteiger partial charge in [0, 0.05) is 23.8 Å². The van der Waals surface area contributed by atoms with Crippen LogP contribution in [0, 0.1) is 0 Å². The summed E-state index contributed by atoms with van der Waals surface area (Å²) in [5, 5.41) is 0. The highest BCUT2D eigenvalue weighted by Gasteiger charge is 2.11. The van der Waals surface area contributed by atoms with Crippen LogP contribution >= 0.6 is 23.1 Å². The van der Waals surface area contributed by atoms with Crippen LogP contribution in [0.2, 0.25) is 0 Å². The number of amides is 2. The van der Waals surface area contributed by atoms with E-state index in [1.54, 1.807) is 29.5 Å². The van der Waals surface area contributed by atoms with Gasteiger partial charge in [0.05, 0.1) is 24.4 Å². The molecule has 0 unspecified atom stereocenters. The smallest absolute Gasteiger partial charge is 0.269 e. The molecule has 3 rings (SSSR count). The number of aromatic nitrogens is 1. The fourth-order valence-electron chi connectivity index (χ4n) is 2.34. The molecule has 2 amide bonds. The van der Waals surface area contributed by atoms with Crippen molar-refractivity contribution in [2.45, 2.75) is 10.8 Å². The van der Waals surface area contributed by atoms with Gasteiger partial charge in [-0.2, -0.15) is 0 Å². The average molecular weight is 418 g/mol. The van der Waals surface area contributed by atoms with E-state index in [1.165, 1.54) is 26.0 Å². The number of hydrogen-bond donors (Lipinski definition) is 2. The lowest BCUT2D eigenvalue weighted by Gasteiger charge is -2.10. The number of fused-ring (bicyclic) bond motifs is 1. The summed E-state index contributed by atoms with van der Waals surface area (Å²) in [6, 6.07) is 12.7. The van der Waals surface area contributed by atoms with E-state index in [0.717, 1.165) is 14.6 Å². The molecule has 0 bridgehead atoms. The van der Waals surface area contributed by atoms with E-state index in [2.05, 4.69) is 15.8 Å². The number of ether oxygens (including phenoxy) is 2. The van der Waals surface area contributed by atoms with Gasteiger partial charge in [-0.3, -0.25) is 20.4 Å². The Kier molecular flexibility index (Phi) is 6.72. The summed E-state index contributed by atoms with van der Waals surface area (Å²) in [6.07, 6.45) is 0.252. The van der Waals surface area contributed by atoms with E-state index >= 15 is 0 Å². The fourth-order valence-corrected chi connectivity index (χ4v) is 4.42. The summed E-state index contributed by atoms with van der Waals surface area (Å²) in [5.41, 5.74) is 6.10. The van der Waals surface area contributed by atoms with Gasteiger partial charge in [-0.25, -0.2) is 4.98 Å². The molecule has 0 aliphatic rings. The van der Waals surface area contributed by atoms with Gasteiger partial charge in [0.15, 0.2) is 4.34 Å². The molecular weight excluding hydrogens is 398 g/mol. The van der Waals surface area contributed by atoms with Crippen LogP contribution in [0.3, 0.4) is 0 Å². The van der Waals surface area contributed by atoms with Crippen LogP contribution in [0.25, 0.3) is 10.2 Å². The van der Waals surface area contributed by atoms with Crippen LogP contribution in [0.5, 0.6) is 11.5 Å². The minimum Gasteiger partial charge on any atom is -0.497 e. The standard InChI is InChI=1S/C19H19N3O4S2/c1-25-13-9-12(10-14(11-13)26-2)18(24)22-21-17(23)7-8-27-19-20-15-5-3-4-6-16(15)28-19/h3-6,9-11H,7-8H2,1-2H3,(H,21,23)(H,22,24). The Balaban J connectivity index is 1.46. The number of thioether (sulfide) groups is 1. The summed E-state index contributed by atoms with van der Waals surface area (Å²) in [4.78, 5) is 28.7. The predicted octanol–water partition coefficient (Wildman–Crippen LogP) is 3.26. The second-order valence-corrected chi connectivity index (χ2v) is 8.02. The van der Waals surface area contributed by atoms with Gasteiger partial charge in [-0.05, 0) is 24.3 Å². The minimum atomic E-state index is -0.454. The quantitative estimate of drug-likeness (QED) is 0.453. The van der Waals surface area contributed by atoms with Crippen molar-refractivity contribution in [1.82, 2.24) is 15.8 Å². The molecule has 0 saturated carbocycles. The number of methoxy groups -OCH3 is 2. The molecule has 2 N–H and O–H groups in total. The van der Waals surface area contributed by atoms with Crippen molar-refractivity contribution in [2.24, 2.45) is 0 Å². The number of hydrogen-bond acceptors (Lipinski definition) is 7. The maximum absolute atomic E-state index is 12.2. The summed E-state index contributed by atoms with van der Waals surface area (Å²) in [7, 11) is 3.00. The van der Waals surface area contributed by atoms with E-state index in [0.29, 0.717) is 22.8 Å². The van der Waals surface area contributed by atoms with Gasteiger partial charge >= 0.3 is 0 Å². The molecule has 3 aromatic rings. The van der Waals surface area contributed by atoms with E-state index in [4.69, 9.17) is 9.47 Å². The molecule has 0 saturated heterocycles. The molecule has 0 aliphatic carbocycles. The van der Waals surface area contributed by atoms with Crippen LogP contribution < -0.4 is 20.3 Å². The second-order valence-electron chi connectivity index (χ2n) is 5.65. The predicted molar refractivity (Wildman–Crippen MR) is 110 cm³/mol. The van der Waals surface area contributed by atoms with Crippen molar-refractivity contribution in [2.75, 3.05) is 20.0 Å². The number of carbonyl (C=O) groups is 2. The normalized spacial score (nSPS) is 10.5. The van der Waals surface area contributed by atoms with Crippen LogP contribution in [-0.2, 0) is 4.79 Å². The van der Waals surface area contributed by atoms with Crippen molar-refractivity contribution in [3.8, 4) is 11.5 Å². The Bertz CT molecular complexity index is 935. The summed E-state index contributed by atoms with van der Waals surface area (Å²) in [5.74, 6) is 0.807. The van der Waals surface area contributed by atoms with Gasteiger partial charge in [0.2, 0.25) is 5.91 Å². The Labute approximate surface area is 170 Å². The van der Waals surface area contributed by atoms with Crippen LogP contribution in [0.4, 0.5) is 0 Å². The van der Waals surface area contributed by atoms with Crippen LogP contribution in [0.15, 0.2) is 46.8 Å². The van der Waals surface area contributed by atoms with Crippen LogP contribution in [-0.4, -0.2) is 36.8 Å². The van der Waals surface area contributed by atoms with Crippen molar-refractivity contribution in [3.05, 3.63) is 48.0 Å². The van der Waals surface area contributed by atoms with Gasteiger partial charge < -0.3 is 9.47 Å². The van der Waals surface area contributed by atoms with E-state index in [9.17, 15) is 9.59 Å². The molecular formula is C19H19N3O4S2. The summed E-state index contributed by atoms with van der Waals surface area (Å²) in [6.45, 7) is 0. The molecule has 1 aromatic heterocycles. The Morgan fingerprint density at radius 2 is 1.79 bits per heavy atom. The molecule has 0 spiro atoms. The molecule has 0 fully saturated rings. The van der Waals surface area contributed by atoms with E-state index in [-0.39, 0.29) is 12.3 Å². The molecule has 0 atom stereocenters. The first-order valence-corrected chi connectivity index (χ1v) is 10.2. The van der Waals surface area contributed by atoms with Gasteiger partial charge in [0.25, 0.3) is 5.91 Å². The maximum atomic E-state index is 12.2. The fraction of sp³-hybridized carbons (Fsp3) is 0.211. The Morgan fingerprint density at radius 3 is 2.46 bits per heavy atom. The number of hydrazine groups is 1. The zero-order valence-corrected chi connectivity index (χ0v) is 17.0. The molecule has 1 heterocycles. The number of para-hydroxylation sites is 1. The lowest BCUT2D eigenvalue weighted by atomic mass is 10.2. The first-order valence-electron chi connectivity index (χ1n) is 8.39. The highest BCUT2D eigenvalue weighted by molar-refractivity contribution is 8.01. The lowest BCUT2D eigenvalue weighted by molar-refractivity contribution is -0.121. The first kappa shape index (κ1) is 20.0. The third-order valence-corrected chi connectivity index (χ3v) is 5.94. The number of carbonyl (C=O) groups excluding carboxylic acids is 2. The molecule has 0 aliphatic heterocycles. The molecule has 9 heteroatoms. The van der Waals surface area contributed by atoms with Crippen molar-refractivity contribution < 1.29 is 19.1 Å². The number of thiazole rings is 1. The first-order chi connectivity index (χ1) is 13.6. The van der Waals surface area contributed by atoms with Crippen molar-refractivity contribution in [1.29, 1.82) is 0 Å². The Hall–Kier alpha value is -2.78. The zero-order valence-electron chi connectivity index (χ0n) is 15.4. The molecule has 7 nitrogen and oxygen atoms in total. The molecule has 146 valence electrons. The topological polar surface area (TPSA) is 89.5 Å². The molecule has 2 aromatic carbocycles. The third-order valence-electron chi connectivity index (χ3n) is 3.76. The number of nitrogens with one attached hydrogen (secondary N) is 2. The lowest BCUT2D eigenvalue weighted by Crippen LogP contribution is -2.41. The molecule has 0 radical (unpaired) electrons. The largest absolute Gasteiger partial charge is 0.497 e. The van der Waals surface area contributed by atoms with Crippen LogP contribution in [0.1, 0.15) is 16.8 Å². The Morgan fingerprint density at radius 1 is 1.07 bits per heavy atom. The second kappa shape index (κ2) is 9.43. The van der Waals surface area contributed by atoms with Crippen molar-refractivity contribution >= 4 is 45.1 Å². The van der Waals surface area contributed by atoms with E-state index < -0.39 is 5.91 Å². The highest BCUT2D eigenvalue weighted by atomic mass is 32.2. The van der Waals surface area contributed by atoms with E-state index in [1.807, 2.05) is 24.3 Å². The third kappa shape index (κ3) is 5.14. The summed E-state index contributed by atoms with van der Waals surface area (Å²) >= 11 is 3.11. The highest BCUT2D eigenvalue weighted by Crippen LogP contribution is 2.29. The summed E-state index contributed by atoms with van der Waals surface area (Å²) < 4.78 is 12.3. The zero-order chi connectivity index (χ0) is 19.9. The average Bonchev–Trinajstić information content (AvgIpc) is 3.14. The minimum absolute atomic E-state index is 0.252. The van der Waals surface area contributed by atoms with Gasteiger partial charge in [0.1, 0.15) is 11.5 Å². The van der Waals surface area contributed by atoms with Gasteiger partial charge in [-0.1, -0.05) is 23.9 Å². The monoisotopic (exact) mass is 417 g/mol. The number of benzene rings is 2.